The smallest absolute Gasteiger partial charge is 0.340 e. The number of ether oxygens (including phenoxy) is 2. The van der Waals surface area contributed by atoms with Gasteiger partial charge in [0.05, 0.1) is 5.56 Å². The number of hydrogen-bond donors (Lipinski definition) is 1. The second-order valence-corrected chi connectivity index (χ2v) is 11.5. The number of carboxylic acid groups (broad SMARTS) is 1. The highest BCUT2D eigenvalue weighted by molar-refractivity contribution is 7.93. The van der Waals surface area contributed by atoms with Gasteiger partial charge in [0.15, 0.2) is 11.5 Å². The average molecular weight is 521 g/mol. The van der Waals surface area contributed by atoms with Gasteiger partial charge in [0.2, 0.25) is 15.3 Å². The van der Waals surface area contributed by atoms with Crippen LogP contribution in [0.1, 0.15) is 46.8 Å². The second-order valence-electron chi connectivity index (χ2n) is 9.38. The minimum absolute atomic E-state index is 0.131. The van der Waals surface area contributed by atoms with Gasteiger partial charge in [-0.25, -0.2) is 18.0 Å². The van der Waals surface area contributed by atoms with E-state index < -0.39 is 56.5 Å². The highest BCUT2D eigenvalue weighted by Crippen LogP contribution is 2.43. The van der Waals surface area contributed by atoms with Crippen molar-refractivity contribution in [3.8, 4) is 0 Å². The number of esters is 1. The van der Waals surface area contributed by atoms with E-state index in [4.69, 9.17) is 9.47 Å². The molecule has 11 nitrogen and oxygen atoms in total. The molecule has 3 aliphatic rings. The maximum Gasteiger partial charge on any atom is 0.340 e. The number of fused-ring (bicyclic) bond motifs is 1. The SMILES string of the molecule is CO[C@H]1C(=O)N2C(C(=O)N3CCCC3C(=O)O)=C(C)C(OC(=O)c3c(C)cc(C)cc3C)S(=O)(=O)[C@H]12. The van der Waals surface area contributed by atoms with E-state index in [1.807, 2.05) is 6.92 Å². The van der Waals surface area contributed by atoms with Crippen LogP contribution in [0.3, 0.4) is 0 Å². The fourth-order valence-corrected chi connectivity index (χ4v) is 7.53. The topological polar surface area (TPSA) is 148 Å². The predicted octanol–water partition coefficient (Wildman–Crippen LogP) is 1.06. The number of hydrogen-bond acceptors (Lipinski definition) is 8. The summed E-state index contributed by atoms with van der Waals surface area (Å²) in [5, 5.41) is 7.95. The Morgan fingerprint density at radius 2 is 1.69 bits per heavy atom. The Kier molecular flexibility index (Phi) is 6.46. The van der Waals surface area contributed by atoms with E-state index >= 15 is 0 Å². The molecular formula is C24H28N2O9S. The van der Waals surface area contributed by atoms with Gasteiger partial charge in [-0.15, -0.1) is 0 Å². The summed E-state index contributed by atoms with van der Waals surface area (Å²) in [4.78, 5) is 53.2. The minimum atomic E-state index is -4.37. The Labute approximate surface area is 208 Å². The maximum absolute atomic E-state index is 13.5. The van der Waals surface area contributed by atoms with Crippen LogP contribution in [0.2, 0.25) is 0 Å². The first-order valence-electron chi connectivity index (χ1n) is 11.4. The molecule has 194 valence electrons. The molecule has 3 heterocycles. The lowest BCUT2D eigenvalue weighted by molar-refractivity contribution is -0.162. The number of sulfone groups is 1. The molecule has 36 heavy (non-hydrogen) atoms. The molecule has 0 aliphatic carbocycles. The quantitative estimate of drug-likeness (QED) is 0.444. The van der Waals surface area contributed by atoms with E-state index in [0.29, 0.717) is 17.5 Å². The Hall–Kier alpha value is -3.25. The summed E-state index contributed by atoms with van der Waals surface area (Å²) in [7, 11) is -3.20. The molecule has 4 atom stereocenters. The lowest BCUT2D eigenvalue weighted by atomic mass is 10.00. The molecule has 12 heteroatoms. The number of aryl methyl sites for hydroxylation is 3. The number of carbonyl (C=O) groups excluding carboxylic acids is 3. The van der Waals surface area contributed by atoms with Crippen LogP contribution in [0.25, 0.3) is 0 Å². The highest BCUT2D eigenvalue weighted by atomic mass is 32.2. The Bertz CT molecular complexity index is 1290. The first-order chi connectivity index (χ1) is 16.8. The van der Waals surface area contributed by atoms with Gasteiger partial charge in [-0.05, 0) is 51.7 Å². The van der Waals surface area contributed by atoms with Gasteiger partial charge in [0.1, 0.15) is 11.7 Å². The van der Waals surface area contributed by atoms with Crippen LogP contribution < -0.4 is 0 Å². The Morgan fingerprint density at radius 3 is 2.25 bits per heavy atom. The summed E-state index contributed by atoms with van der Waals surface area (Å²) in [6.45, 7) is 6.70. The summed E-state index contributed by atoms with van der Waals surface area (Å²) < 4.78 is 37.7. The minimum Gasteiger partial charge on any atom is -0.480 e. The first kappa shape index (κ1) is 25.8. The molecule has 2 fully saturated rings. The van der Waals surface area contributed by atoms with Crippen molar-refractivity contribution in [3.05, 3.63) is 45.7 Å². The molecule has 1 aromatic carbocycles. The van der Waals surface area contributed by atoms with Gasteiger partial charge >= 0.3 is 11.9 Å². The van der Waals surface area contributed by atoms with Crippen molar-refractivity contribution < 1.29 is 42.2 Å². The van der Waals surface area contributed by atoms with E-state index in [0.717, 1.165) is 15.4 Å². The van der Waals surface area contributed by atoms with Crippen molar-refractivity contribution in [1.29, 1.82) is 0 Å². The monoisotopic (exact) mass is 520 g/mol. The fraction of sp³-hybridized carbons (Fsp3) is 0.500. The lowest BCUT2D eigenvalue weighted by Crippen LogP contribution is -2.72. The van der Waals surface area contributed by atoms with Gasteiger partial charge < -0.3 is 19.5 Å². The number of aliphatic carboxylic acids is 1. The summed E-state index contributed by atoms with van der Waals surface area (Å²) in [5.74, 6) is -3.63. The molecule has 1 aromatic rings. The molecule has 0 aromatic heterocycles. The zero-order chi connectivity index (χ0) is 26.7. The Morgan fingerprint density at radius 1 is 1.08 bits per heavy atom. The molecular weight excluding hydrogens is 492 g/mol. The number of rotatable bonds is 5. The molecule has 2 saturated heterocycles. The number of carboxylic acids is 1. The van der Waals surface area contributed by atoms with Crippen molar-refractivity contribution in [2.75, 3.05) is 13.7 Å². The zero-order valence-corrected chi connectivity index (χ0v) is 21.4. The van der Waals surface area contributed by atoms with E-state index in [2.05, 4.69) is 0 Å². The van der Waals surface area contributed by atoms with Gasteiger partial charge in [0.25, 0.3) is 11.8 Å². The van der Waals surface area contributed by atoms with Gasteiger partial charge in [-0.1, -0.05) is 17.7 Å². The van der Waals surface area contributed by atoms with Crippen LogP contribution in [0.15, 0.2) is 23.4 Å². The van der Waals surface area contributed by atoms with Crippen molar-refractivity contribution in [2.24, 2.45) is 0 Å². The number of amides is 2. The molecule has 4 rings (SSSR count). The second kappa shape index (κ2) is 9.00. The molecule has 0 saturated carbocycles. The van der Waals surface area contributed by atoms with Crippen LogP contribution in [0.5, 0.6) is 0 Å². The van der Waals surface area contributed by atoms with Crippen molar-refractivity contribution in [3.63, 3.8) is 0 Å². The number of likely N-dealkylation sites (tertiary alicyclic amines) is 1. The van der Waals surface area contributed by atoms with E-state index in [1.54, 1.807) is 26.0 Å². The van der Waals surface area contributed by atoms with Crippen molar-refractivity contribution >= 4 is 33.6 Å². The number of methoxy groups -OCH3 is 1. The third-order valence-electron chi connectivity index (χ3n) is 6.95. The van der Waals surface area contributed by atoms with E-state index in [9.17, 15) is 32.7 Å². The van der Waals surface area contributed by atoms with Gasteiger partial charge in [-0.2, -0.15) is 0 Å². The van der Waals surface area contributed by atoms with Crippen LogP contribution in [-0.2, 0) is 33.7 Å². The molecule has 2 amide bonds. The standard InChI is InChI=1S/C24H28N2O9S/c1-11-9-12(2)16(13(3)10-11)23(31)35-24-14(4)17(19(27)25-8-6-7-15(25)22(29)30)26-20(28)18(34-5)21(26)36(24,32)33/h9-10,15,18,21,24H,6-8H2,1-5H3,(H,29,30)/t15?,18-,21+,24?/m0/s1. The largest absolute Gasteiger partial charge is 0.480 e. The van der Waals surface area contributed by atoms with Crippen molar-refractivity contribution in [2.45, 2.75) is 63.5 Å². The van der Waals surface area contributed by atoms with E-state index in [-0.39, 0.29) is 29.8 Å². The number of β-lactam (4-membered cyclic amide) rings is 1. The first-order valence-corrected chi connectivity index (χ1v) is 13.1. The normalized spacial score (nSPS) is 27.0. The maximum atomic E-state index is 13.5. The van der Waals surface area contributed by atoms with Crippen LogP contribution in [0.4, 0.5) is 0 Å². The zero-order valence-electron chi connectivity index (χ0n) is 20.6. The summed E-state index contributed by atoms with van der Waals surface area (Å²) in [6.07, 6.45) is -0.715. The highest BCUT2D eigenvalue weighted by Gasteiger charge is 2.64. The summed E-state index contributed by atoms with van der Waals surface area (Å²) >= 11 is 0. The number of benzene rings is 1. The summed E-state index contributed by atoms with van der Waals surface area (Å²) in [5.41, 5.74) is 0.00286. The van der Waals surface area contributed by atoms with Crippen LogP contribution in [0, 0.1) is 20.8 Å². The lowest BCUT2D eigenvalue weighted by Gasteiger charge is -2.50. The predicted molar refractivity (Wildman–Crippen MR) is 125 cm³/mol. The fourth-order valence-electron chi connectivity index (χ4n) is 5.37. The molecule has 0 bridgehead atoms. The number of carbonyl (C=O) groups is 4. The van der Waals surface area contributed by atoms with Crippen molar-refractivity contribution in [1.82, 2.24) is 9.80 Å². The summed E-state index contributed by atoms with van der Waals surface area (Å²) in [6, 6.07) is 2.43. The van der Waals surface area contributed by atoms with E-state index in [1.165, 1.54) is 14.0 Å². The Balaban J connectivity index is 1.81. The van der Waals surface area contributed by atoms with Gasteiger partial charge in [0, 0.05) is 19.2 Å². The molecule has 1 N–H and O–H groups in total. The molecule has 0 spiro atoms. The van der Waals surface area contributed by atoms with Crippen LogP contribution in [-0.4, -0.2) is 83.7 Å². The average Bonchev–Trinajstić information content (AvgIpc) is 3.27. The molecule has 3 aliphatic heterocycles. The molecule has 2 unspecified atom stereocenters. The van der Waals surface area contributed by atoms with Gasteiger partial charge in [-0.3, -0.25) is 14.5 Å². The number of nitrogens with zero attached hydrogens (tertiary/aromatic N) is 2. The third kappa shape index (κ3) is 3.79. The van der Waals surface area contributed by atoms with Crippen LogP contribution >= 0.6 is 0 Å². The third-order valence-corrected chi connectivity index (χ3v) is 9.13. The molecule has 0 radical (unpaired) electrons.